The van der Waals surface area contributed by atoms with Gasteiger partial charge in [0.15, 0.2) is 0 Å². The predicted octanol–water partition coefficient (Wildman–Crippen LogP) is 1.31. The number of oxazole rings is 1. The topological polar surface area (TPSA) is 67.2 Å². The van der Waals surface area contributed by atoms with Crippen molar-refractivity contribution in [1.29, 1.82) is 0 Å². The highest BCUT2D eigenvalue weighted by molar-refractivity contribution is 5.93. The molecular weight excluding hydrogens is 218 g/mol. The van der Waals surface area contributed by atoms with E-state index in [9.17, 15) is 4.79 Å². The van der Waals surface area contributed by atoms with Crippen molar-refractivity contribution in [2.45, 2.75) is 26.2 Å². The number of rotatable bonds is 2. The van der Waals surface area contributed by atoms with E-state index in [1.165, 1.54) is 0 Å². The molecule has 0 bridgehead atoms. The van der Waals surface area contributed by atoms with Crippen molar-refractivity contribution in [3.8, 4) is 0 Å². The van der Waals surface area contributed by atoms with Crippen LogP contribution < -0.4 is 10.6 Å². The first-order valence-corrected chi connectivity index (χ1v) is 6.13. The summed E-state index contributed by atoms with van der Waals surface area (Å²) in [5.41, 5.74) is 1.05. The van der Waals surface area contributed by atoms with Crippen LogP contribution >= 0.6 is 0 Å². The maximum Gasteiger partial charge on any atom is 0.301 e. The van der Waals surface area contributed by atoms with Crippen LogP contribution in [0.25, 0.3) is 0 Å². The number of hydrogen-bond acceptors (Lipinski definition) is 4. The van der Waals surface area contributed by atoms with Crippen LogP contribution in [0, 0.1) is 18.3 Å². The Bertz CT molecular complexity index is 435. The zero-order chi connectivity index (χ0) is 11.9. The molecule has 5 heteroatoms. The number of nitrogens with one attached hydrogen (secondary N) is 2. The van der Waals surface area contributed by atoms with Crippen LogP contribution in [-0.2, 0) is 4.79 Å². The molecule has 2 heterocycles. The van der Waals surface area contributed by atoms with Crippen LogP contribution in [0.3, 0.4) is 0 Å². The Morgan fingerprint density at radius 3 is 3.00 bits per heavy atom. The predicted molar refractivity (Wildman–Crippen MR) is 62.5 cm³/mol. The number of anilines is 1. The molecule has 0 aromatic carbocycles. The number of nitrogens with zero attached hydrogens (tertiary/aromatic N) is 1. The number of amides is 1. The van der Waals surface area contributed by atoms with Crippen molar-refractivity contribution in [2.24, 2.45) is 11.3 Å². The maximum atomic E-state index is 12.0. The van der Waals surface area contributed by atoms with Gasteiger partial charge in [0.1, 0.15) is 6.26 Å². The van der Waals surface area contributed by atoms with E-state index in [1.54, 1.807) is 6.26 Å². The molecule has 1 saturated heterocycles. The zero-order valence-corrected chi connectivity index (χ0v) is 9.95. The molecule has 3 rings (SSSR count). The van der Waals surface area contributed by atoms with E-state index in [2.05, 4.69) is 15.6 Å². The van der Waals surface area contributed by atoms with Gasteiger partial charge >= 0.3 is 6.01 Å². The van der Waals surface area contributed by atoms with Gasteiger partial charge < -0.3 is 9.73 Å². The first-order chi connectivity index (χ1) is 8.20. The fraction of sp³-hybridized carbons (Fsp3) is 0.667. The molecule has 1 amide bonds. The lowest BCUT2D eigenvalue weighted by molar-refractivity contribution is -0.118. The van der Waals surface area contributed by atoms with Gasteiger partial charge in [-0.2, -0.15) is 4.98 Å². The van der Waals surface area contributed by atoms with Crippen molar-refractivity contribution in [3.05, 3.63) is 12.0 Å². The van der Waals surface area contributed by atoms with Gasteiger partial charge in [-0.05, 0) is 44.7 Å². The van der Waals surface area contributed by atoms with Gasteiger partial charge in [-0.3, -0.25) is 10.1 Å². The smallest absolute Gasteiger partial charge is 0.301 e. The molecule has 92 valence electrons. The molecule has 5 nitrogen and oxygen atoms in total. The highest BCUT2D eigenvalue weighted by Gasteiger charge is 2.57. The van der Waals surface area contributed by atoms with Crippen molar-refractivity contribution >= 4 is 11.9 Å². The lowest BCUT2D eigenvalue weighted by atomic mass is 9.92. The van der Waals surface area contributed by atoms with Gasteiger partial charge in [0.05, 0.1) is 5.69 Å². The maximum absolute atomic E-state index is 12.0. The fourth-order valence-electron chi connectivity index (χ4n) is 2.80. The molecule has 1 aliphatic carbocycles. The van der Waals surface area contributed by atoms with E-state index in [-0.39, 0.29) is 17.2 Å². The van der Waals surface area contributed by atoms with Gasteiger partial charge in [0.25, 0.3) is 0 Å². The zero-order valence-electron chi connectivity index (χ0n) is 9.95. The van der Waals surface area contributed by atoms with Gasteiger partial charge in [-0.25, -0.2) is 0 Å². The minimum atomic E-state index is 0.0637. The molecule has 0 radical (unpaired) electrons. The summed E-state index contributed by atoms with van der Waals surface area (Å²) in [6, 6.07) is 0.323. The molecule has 1 aromatic rings. The second-order valence-electron chi connectivity index (χ2n) is 5.15. The Labute approximate surface area is 100.0 Å². The van der Waals surface area contributed by atoms with Gasteiger partial charge in [0.2, 0.25) is 5.91 Å². The lowest BCUT2D eigenvalue weighted by Gasteiger charge is -2.22. The van der Waals surface area contributed by atoms with E-state index in [0.29, 0.717) is 6.01 Å². The second kappa shape index (κ2) is 3.84. The third-order valence-corrected chi connectivity index (χ3v) is 3.95. The monoisotopic (exact) mass is 235 g/mol. The third kappa shape index (κ3) is 1.95. The molecule has 1 saturated carbocycles. The number of aryl methyl sites for hydroxylation is 1. The summed E-state index contributed by atoms with van der Waals surface area (Å²) in [5.74, 6) is 0.213. The molecule has 1 aromatic heterocycles. The largest absolute Gasteiger partial charge is 0.432 e. The number of piperidine rings is 1. The third-order valence-electron chi connectivity index (χ3n) is 3.95. The average Bonchev–Trinajstić information content (AvgIpc) is 2.85. The standard InChI is InChI=1S/C12H17N3O2/c1-8-7-17-11(14-8)15-10(16)9-6-12(9)2-4-13-5-3-12/h7,9,13H,2-6H2,1H3,(H,14,15,16). The molecule has 17 heavy (non-hydrogen) atoms. The van der Waals surface area contributed by atoms with Crippen LogP contribution in [0.4, 0.5) is 6.01 Å². The Morgan fingerprint density at radius 1 is 1.59 bits per heavy atom. The van der Waals surface area contributed by atoms with E-state index in [1.807, 2.05) is 6.92 Å². The Kier molecular flexibility index (Phi) is 2.43. The van der Waals surface area contributed by atoms with Gasteiger partial charge in [-0.1, -0.05) is 0 Å². The fourth-order valence-corrected chi connectivity index (χ4v) is 2.80. The molecule has 1 spiro atoms. The van der Waals surface area contributed by atoms with E-state index >= 15 is 0 Å². The van der Waals surface area contributed by atoms with Crippen LogP contribution in [0.1, 0.15) is 25.0 Å². The molecule has 2 N–H and O–H groups in total. The second-order valence-corrected chi connectivity index (χ2v) is 5.15. The van der Waals surface area contributed by atoms with Crippen LogP contribution in [-0.4, -0.2) is 24.0 Å². The molecule has 1 atom stereocenters. The summed E-state index contributed by atoms with van der Waals surface area (Å²) < 4.78 is 5.13. The van der Waals surface area contributed by atoms with Crippen LogP contribution in [0.5, 0.6) is 0 Å². The first-order valence-electron chi connectivity index (χ1n) is 6.13. The molecule has 1 unspecified atom stereocenters. The quantitative estimate of drug-likeness (QED) is 0.811. The first kappa shape index (κ1) is 10.8. The van der Waals surface area contributed by atoms with E-state index < -0.39 is 0 Å². The molecule has 1 aliphatic heterocycles. The van der Waals surface area contributed by atoms with Crippen molar-refractivity contribution in [3.63, 3.8) is 0 Å². The SMILES string of the molecule is Cc1coc(NC(=O)C2CC23CCNCC3)n1. The summed E-state index contributed by atoms with van der Waals surface area (Å²) in [5, 5.41) is 6.09. The lowest BCUT2D eigenvalue weighted by Crippen LogP contribution is -2.31. The van der Waals surface area contributed by atoms with Crippen LogP contribution in [0.15, 0.2) is 10.7 Å². The van der Waals surface area contributed by atoms with E-state index in [0.717, 1.165) is 38.0 Å². The summed E-state index contributed by atoms with van der Waals surface area (Å²) in [6.45, 7) is 3.90. The number of hydrogen-bond donors (Lipinski definition) is 2. The highest BCUT2D eigenvalue weighted by Crippen LogP contribution is 2.58. The van der Waals surface area contributed by atoms with E-state index in [4.69, 9.17) is 4.42 Å². The number of carbonyl (C=O) groups excluding carboxylic acids is 1. The van der Waals surface area contributed by atoms with Crippen LogP contribution in [0.2, 0.25) is 0 Å². The summed E-state index contributed by atoms with van der Waals surface area (Å²) in [7, 11) is 0. The Balaban J connectivity index is 1.61. The summed E-state index contributed by atoms with van der Waals surface area (Å²) in [6.07, 6.45) is 4.77. The number of carbonyl (C=O) groups is 1. The molecule has 2 fully saturated rings. The normalized spacial score (nSPS) is 25.8. The van der Waals surface area contributed by atoms with Crippen molar-refractivity contribution < 1.29 is 9.21 Å². The minimum Gasteiger partial charge on any atom is -0.432 e. The minimum absolute atomic E-state index is 0.0637. The van der Waals surface area contributed by atoms with Gasteiger partial charge in [0, 0.05) is 5.92 Å². The molecule has 2 aliphatic rings. The summed E-state index contributed by atoms with van der Waals surface area (Å²) >= 11 is 0. The number of aromatic nitrogens is 1. The molecular formula is C12H17N3O2. The van der Waals surface area contributed by atoms with Gasteiger partial charge in [-0.15, -0.1) is 0 Å². The highest BCUT2D eigenvalue weighted by atomic mass is 16.4. The van der Waals surface area contributed by atoms with Crippen molar-refractivity contribution in [1.82, 2.24) is 10.3 Å². The summed E-state index contributed by atoms with van der Waals surface area (Å²) in [4.78, 5) is 16.1. The average molecular weight is 235 g/mol. The van der Waals surface area contributed by atoms with Crippen molar-refractivity contribution in [2.75, 3.05) is 18.4 Å². The Morgan fingerprint density at radius 2 is 2.35 bits per heavy atom. The Hall–Kier alpha value is -1.36.